The number of hydrogen-bond donors (Lipinski definition) is 1. The van der Waals surface area contributed by atoms with Crippen LogP contribution in [-0.4, -0.2) is 25.9 Å². The molecule has 14 heavy (non-hydrogen) atoms. The fourth-order valence-corrected chi connectivity index (χ4v) is 1.64. The minimum absolute atomic E-state index is 0.384. The van der Waals surface area contributed by atoms with E-state index in [1.807, 2.05) is 0 Å². The maximum absolute atomic E-state index is 5.62. The molecule has 0 saturated heterocycles. The predicted molar refractivity (Wildman–Crippen MR) is 65.1 cm³/mol. The van der Waals surface area contributed by atoms with E-state index in [-0.39, 0.29) is 0 Å². The van der Waals surface area contributed by atoms with Gasteiger partial charge in [-0.3, -0.25) is 0 Å². The molecule has 0 aliphatic heterocycles. The molecule has 0 spiro atoms. The van der Waals surface area contributed by atoms with Crippen LogP contribution in [0.1, 0.15) is 6.92 Å². The third-order valence-electron chi connectivity index (χ3n) is 2.48. The highest BCUT2D eigenvalue weighted by molar-refractivity contribution is 7.98. The quantitative estimate of drug-likeness (QED) is 0.772. The lowest BCUT2D eigenvalue weighted by molar-refractivity contribution is 0.695. The Morgan fingerprint density at radius 3 is 2.36 bits per heavy atom. The fraction of sp³-hybridized carbons (Fsp3) is 0.455. The maximum atomic E-state index is 5.62. The van der Waals surface area contributed by atoms with Crippen molar-refractivity contribution in [2.45, 2.75) is 17.9 Å². The Bertz CT molecular complexity index is 271. The van der Waals surface area contributed by atoms with E-state index in [0.29, 0.717) is 12.6 Å². The second-order valence-electron chi connectivity index (χ2n) is 3.39. The first-order valence-corrected chi connectivity index (χ1v) is 5.98. The number of hydrogen-bond acceptors (Lipinski definition) is 3. The molecule has 78 valence electrons. The Kier molecular flexibility index (Phi) is 4.29. The molecular weight excluding hydrogens is 192 g/mol. The standard InChI is InChI=1S/C11H18N2S/c1-9(8-12)13(2)10-4-6-11(14-3)7-5-10/h4-7,9H,8,12H2,1-3H3. The third kappa shape index (κ3) is 2.66. The van der Waals surface area contributed by atoms with Gasteiger partial charge in [-0.05, 0) is 37.4 Å². The molecule has 1 aromatic carbocycles. The summed E-state index contributed by atoms with van der Waals surface area (Å²) in [6, 6.07) is 8.94. The number of likely N-dealkylation sites (N-methyl/N-ethyl adjacent to an activating group) is 1. The lowest BCUT2D eigenvalue weighted by atomic mass is 10.2. The van der Waals surface area contributed by atoms with Gasteiger partial charge in [0.25, 0.3) is 0 Å². The molecule has 1 unspecified atom stereocenters. The van der Waals surface area contributed by atoms with E-state index < -0.39 is 0 Å². The summed E-state index contributed by atoms with van der Waals surface area (Å²) in [5.74, 6) is 0. The van der Waals surface area contributed by atoms with Gasteiger partial charge in [-0.25, -0.2) is 0 Å². The van der Waals surface area contributed by atoms with Gasteiger partial charge < -0.3 is 10.6 Å². The molecule has 2 nitrogen and oxygen atoms in total. The van der Waals surface area contributed by atoms with Crippen LogP contribution in [0.3, 0.4) is 0 Å². The van der Waals surface area contributed by atoms with Gasteiger partial charge in [0, 0.05) is 30.2 Å². The Balaban J connectivity index is 2.75. The van der Waals surface area contributed by atoms with Crippen LogP contribution in [0.15, 0.2) is 29.2 Å². The molecule has 0 amide bonds. The Morgan fingerprint density at radius 2 is 1.93 bits per heavy atom. The second kappa shape index (κ2) is 5.27. The summed E-state index contributed by atoms with van der Waals surface area (Å²) in [6.07, 6.45) is 2.08. The summed E-state index contributed by atoms with van der Waals surface area (Å²) < 4.78 is 0. The summed E-state index contributed by atoms with van der Waals surface area (Å²) in [4.78, 5) is 3.49. The molecule has 0 aliphatic rings. The molecule has 0 bridgehead atoms. The molecule has 2 N–H and O–H groups in total. The van der Waals surface area contributed by atoms with Crippen LogP contribution in [0.5, 0.6) is 0 Å². The highest BCUT2D eigenvalue weighted by Crippen LogP contribution is 2.20. The molecule has 0 fully saturated rings. The predicted octanol–water partition coefficient (Wildman–Crippen LogP) is 2.19. The minimum atomic E-state index is 0.384. The average molecular weight is 210 g/mol. The van der Waals surface area contributed by atoms with Gasteiger partial charge in [-0.1, -0.05) is 0 Å². The van der Waals surface area contributed by atoms with Crippen molar-refractivity contribution < 1.29 is 0 Å². The van der Waals surface area contributed by atoms with Gasteiger partial charge in [-0.15, -0.1) is 11.8 Å². The lowest BCUT2D eigenvalue weighted by Crippen LogP contribution is -2.35. The van der Waals surface area contributed by atoms with Crippen molar-refractivity contribution in [3.8, 4) is 0 Å². The Hall–Kier alpha value is -0.670. The third-order valence-corrected chi connectivity index (χ3v) is 3.23. The van der Waals surface area contributed by atoms with E-state index >= 15 is 0 Å². The molecule has 1 atom stereocenters. The molecule has 0 saturated carbocycles. The van der Waals surface area contributed by atoms with Crippen LogP contribution in [0.4, 0.5) is 5.69 Å². The van der Waals surface area contributed by atoms with E-state index in [4.69, 9.17) is 5.73 Å². The number of thioether (sulfide) groups is 1. The van der Waals surface area contributed by atoms with Gasteiger partial charge in [0.2, 0.25) is 0 Å². The lowest BCUT2D eigenvalue weighted by Gasteiger charge is -2.25. The second-order valence-corrected chi connectivity index (χ2v) is 4.27. The van der Waals surface area contributed by atoms with Crippen LogP contribution in [0.2, 0.25) is 0 Å². The molecule has 1 rings (SSSR count). The van der Waals surface area contributed by atoms with Crippen LogP contribution < -0.4 is 10.6 Å². The van der Waals surface area contributed by atoms with Crippen molar-refractivity contribution in [2.75, 3.05) is 24.7 Å². The summed E-state index contributed by atoms with van der Waals surface area (Å²) in [5.41, 5.74) is 6.84. The van der Waals surface area contributed by atoms with E-state index in [1.54, 1.807) is 11.8 Å². The highest BCUT2D eigenvalue weighted by atomic mass is 32.2. The number of benzene rings is 1. The molecule has 3 heteroatoms. The monoisotopic (exact) mass is 210 g/mol. The minimum Gasteiger partial charge on any atom is -0.371 e. The van der Waals surface area contributed by atoms with Crippen molar-refractivity contribution in [1.29, 1.82) is 0 Å². The normalized spacial score (nSPS) is 12.6. The topological polar surface area (TPSA) is 29.3 Å². The van der Waals surface area contributed by atoms with E-state index in [2.05, 4.69) is 49.4 Å². The van der Waals surface area contributed by atoms with Crippen LogP contribution in [-0.2, 0) is 0 Å². The van der Waals surface area contributed by atoms with Crippen molar-refractivity contribution in [1.82, 2.24) is 0 Å². The fourth-order valence-electron chi connectivity index (χ4n) is 1.23. The van der Waals surface area contributed by atoms with Gasteiger partial charge in [0.1, 0.15) is 0 Å². The van der Waals surface area contributed by atoms with E-state index in [1.165, 1.54) is 10.6 Å². The first kappa shape index (κ1) is 11.4. The Morgan fingerprint density at radius 1 is 1.36 bits per heavy atom. The average Bonchev–Trinajstić information content (AvgIpc) is 2.27. The number of nitrogens with zero attached hydrogens (tertiary/aromatic N) is 1. The van der Waals surface area contributed by atoms with Crippen LogP contribution in [0, 0.1) is 0 Å². The first-order valence-electron chi connectivity index (χ1n) is 4.76. The zero-order chi connectivity index (χ0) is 10.6. The van der Waals surface area contributed by atoms with Gasteiger partial charge >= 0.3 is 0 Å². The van der Waals surface area contributed by atoms with Crippen molar-refractivity contribution in [3.05, 3.63) is 24.3 Å². The Labute approximate surface area is 90.5 Å². The highest BCUT2D eigenvalue weighted by Gasteiger charge is 2.07. The summed E-state index contributed by atoms with van der Waals surface area (Å²) >= 11 is 1.76. The van der Waals surface area contributed by atoms with Gasteiger partial charge in [-0.2, -0.15) is 0 Å². The molecule has 0 heterocycles. The zero-order valence-corrected chi connectivity index (χ0v) is 9.84. The van der Waals surface area contributed by atoms with Crippen molar-refractivity contribution >= 4 is 17.4 Å². The molecule has 0 radical (unpaired) electrons. The van der Waals surface area contributed by atoms with Gasteiger partial charge in [0.05, 0.1) is 0 Å². The van der Waals surface area contributed by atoms with E-state index in [9.17, 15) is 0 Å². The largest absolute Gasteiger partial charge is 0.371 e. The number of rotatable bonds is 4. The first-order chi connectivity index (χ1) is 6.69. The van der Waals surface area contributed by atoms with Crippen LogP contribution in [0.25, 0.3) is 0 Å². The van der Waals surface area contributed by atoms with Crippen molar-refractivity contribution in [2.24, 2.45) is 5.73 Å². The number of nitrogens with two attached hydrogens (primary N) is 1. The maximum Gasteiger partial charge on any atom is 0.0380 e. The SMILES string of the molecule is CSc1ccc(N(C)C(C)CN)cc1. The zero-order valence-electron chi connectivity index (χ0n) is 9.03. The van der Waals surface area contributed by atoms with Crippen molar-refractivity contribution in [3.63, 3.8) is 0 Å². The van der Waals surface area contributed by atoms with Crippen LogP contribution >= 0.6 is 11.8 Å². The molecule has 0 aliphatic carbocycles. The summed E-state index contributed by atoms with van der Waals surface area (Å²) in [6.45, 7) is 2.81. The molecule has 0 aromatic heterocycles. The number of anilines is 1. The smallest absolute Gasteiger partial charge is 0.0380 e. The summed E-state index contributed by atoms with van der Waals surface area (Å²) in [5, 5.41) is 0. The van der Waals surface area contributed by atoms with E-state index in [0.717, 1.165) is 0 Å². The summed E-state index contributed by atoms with van der Waals surface area (Å²) in [7, 11) is 2.08. The molecule has 1 aromatic rings. The van der Waals surface area contributed by atoms with Gasteiger partial charge in [0.15, 0.2) is 0 Å². The molecular formula is C11H18N2S.